The second-order valence-corrected chi connectivity index (χ2v) is 6.57. The number of alkyl halides is 3. The van der Waals surface area contributed by atoms with Crippen molar-refractivity contribution in [2.45, 2.75) is 25.2 Å². The normalized spacial score (nSPS) is 19.9. The molecule has 0 aromatic heterocycles. The first kappa shape index (κ1) is 19.2. The molecule has 27 heavy (non-hydrogen) atoms. The summed E-state index contributed by atoms with van der Waals surface area (Å²) in [5, 5.41) is 24.4. The zero-order valence-electron chi connectivity index (χ0n) is 14.0. The minimum absolute atomic E-state index is 0.0224. The maximum Gasteiger partial charge on any atom is 0.438 e. The molecule has 1 heterocycles. The number of nitrogens with zero attached hydrogens (tertiary/aromatic N) is 2. The van der Waals surface area contributed by atoms with Gasteiger partial charge >= 0.3 is 6.18 Å². The molecule has 0 saturated heterocycles. The van der Waals surface area contributed by atoms with Crippen LogP contribution in [0, 0.1) is 6.92 Å². The molecule has 2 N–H and O–H groups in total. The van der Waals surface area contributed by atoms with Gasteiger partial charge in [0.25, 0.3) is 11.6 Å². The number of aryl methyl sites for hydroxylation is 1. The molecule has 1 atom stereocenters. The number of benzene rings is 2. The Hall–Kier alpha value is -2.58. The third-order valence-electron chi connectivity index (χ3n) is 4.28. The van der Waals surface area contributed by atoms with Crippen LogP contribution in [-0.4, -0.2) is 38.7 Å². The number of aliphatic hydroxyl groups is 1. The van der Waals surface area contributed by atoms with Crippen LogP contribution in [0.3, 0.4) is 0 Å². The molecule has 2 aromatic rings. The minimum atomic E-state index is -5.17. The van der Waals surface area contributed by atoms with Gasteiger partial charge < -0.3 is 10.2 Å². The molecule has 142 valence electrons. The number of rotatable bonds is 2. The fourth-order valence-electron chi connectivity index (χ4n) is 2.73. The highest BCUT2D eigenvalue weighted by atomic mass is 35.5. The van der Waals surface area contributed by atoms with Gasteiger partial charge in [0.05, 0.1) is 17.7 Å². The molecule has 1 amide bonds. The van der Waals surface area contributed by atoms with Crippen molar-refractivity contribution in [1.29, 1.82) is 0 Å². The predicted molar refractivity (Wildman–Crippen MR) is 92.6 cm³/mol. The van der Waals surface area contributed by atoms with Crippen LogP contribution in [0.5, 0.6) is 5.75 Å². The van der Waals surface area contributed by atoms with Crippen molar-refractivity contribution in [2.75, 3.05) is 0 Å². The number of halogens is 4. The first-order valence-electron chi connectivity index (χ1n) is 7.80. The molecule has 2 aromatic carbocycles. The largest absolute Gasteiger partial charge is 0.507 e. The number of hydrogen-bond acceptors (Lipinski definition) is 4. The van der Waals surface area contributed by atoms with E-state index in [-0.39, 0.29) is 16.3 Å². The predicted octanol–water partition coefficient (Wildman–Crippen LogP) is 3.86. The van der Waals surface area contributed by atoms with Crippen LogP contribution >= 0.6 is 11.6 Å². The highest BCUT2D eigenvalue weighted by Crippen LogP contribution is 2.42. The lowest BCUT2D eigenvalue weighted by Crippen LogP contribution is -2.56. The fourth-order valence-corrected chi connectivity index (χ4v) is 2.85. The van der Waals surface area contributed by atoms with Gasteiger partial charge in [0.15, 0.2) is 0 Å². The Morgan fingerprint density at radius 3 is 2.44 bits per heavy atom. The van der Waals surface area contributed by atoms with E-state index in [0.29, 0.717) is 10.6 Å². The van der Waals surface area contributed by atoms with Crippen LogP contribution in [0.1, 0.15) is 27.9 Å². The molecular weight excluding hydrogens is 385 g/mol. The van der Waals surface area contributed by atoms with E-state index in [2.05, 4.69) is 5.10 Å². The molecule has 0 bridgehead atoms. The van der Waals surface area contributed by atoms with Crippen LogP contribution in [0.2, 0.25) is 5.02 Å². The fraction of sp³-hybridized carbons (Fsp3) is 0.222. The number of carbonyl (C=O) groups excluding carboxylic acids is 1. The number of para-hydroxylation sites is 1. The van der Waals surface area contributed by atoms with Gasteiger partial charge in [-0.1, -0.05) is 35.9 Å². The van der Waals surface area contributed by atoms with Crippen LogP contribution in [0.25, 0.3) is 0 Å². The third kappa shape index (κ3) is 3.26. The third-order valence-corrected chi connectivity index (χ3v) is 4.53. The molecule has 0 fully saturated rings. The van der Waals surface area contributed by atoms with E-state index in [1.165, 1.54) is 43.3 Å². The van der Waals surface area contributed by atoms with Gasteiger partial charge in [-0.25, -0.2) is 0 Å². The Labute approximate surface area is 157 Å². The van der Waals surface area contributed by atoms with Crippen LogP contribution in [-0.2, 0) is 0 Å². The number of phenolic OH excluding ortho intramolecular Hbond substituents is 1. The first-order valence-corrected chi connectivity index (χ1v) is 8.18. The molecule has 1 aliphatic rings. The Morgan fingerprint density at radius 1 is 1.22 bits per heavy atom. The Kier molecular flexibility index (Phi) is 4.65. The highest BCUT2D eigenvalue weighted by molar-refractivity contribution is 6.30. The average Bonchev–Trinajstić information content (AvgIpc) is 2.96. The molecular formula is C18H14ClF3N2O3. The van der Waals surface area contributed by atoms with Crippen molar-refractivity contribution >= 4 is 23.2 Å². The van der Waals surface area contributed by atoms with E-state index >= 15 is 0 Å². The van der Waals surface area contributed by atoms with Crippen molar-refractivity contribution in [3.05, 3.63) is 64.2 Å². The zero-order valence-corrected chi connectivity index (χ0v) is 14.7. The van der Waals surface area contributed by atoms with Gasteiger partial charge in [0.2, 0.25) is 0 Å². The molecule has 1 aliphatic heterocycles. The van der Waals surface area contributed by atoms with E-state index in [1.54, 1.807) is 0 Å². The quantitative estimate of drug-likeness (QED) is 0.807. The lowest BCUT2D eigenvalue weighted by molar-refractivity contribution is -0.297. The summed E-state index contributed by atoms with van der Waals surface area (Å²) in [6.07, 6.45) is -6.11. The summed E-state index contributed by atoms with van der Waals surface area (Å²) in [5.74, 6) is -1.73. The van der Waals surface area contributed by atoms with Gasteiger partial charge in [-0.05, 0) is 36.2 Å². The number of carbonyl (C=O) groups is 1. The number of amides is 1. The Bertz CT molecular complexity index is 928. The van der Waals surface area contributed by atoms with E-state index in [4.69, 9.17) is 11.6 Å². The van der Waals surface area contributed by atoms with Gasteiger partial charge in [-0.3, -0.25) is 4.79 Å². The summed E-state index contributed by atoms with van der Waals surface area (Å²) in [6.45, 7) is 1.49. The van der Waals surface area contributed by atoms with Crippen molar-refractivity contribution in [1.82, 2.24) is 5.01 Å². The van der Waals surface area contributed by atoms with Crippen molar-refractivity contribution in [3.8, 4) is 5.75 Å². The monoisotopic (exact) mass is 398 g/mol. The van der Waals surface area contributed by atoms with Gasteiger partial charge in [-0.2, -0.15) is 23.3 Å². The van der Waals surface area contributed by atoms with Crippen LogP contribution in [0.15, 0.2) is 47.6 Å². The maximum absolute atomic E-state index is 13.6. The molecule has 0 aliphatic carbocycles. The molecule has 3 rings (SSSR count). The van der Waals surface area contributed by atoms with E-state index in [0.717, 1.165) is 6.07 Å². The van der Waals surface area contributed by atoms with Gasteiger partial charge in [0.1, 0.15) is 5.75 Å². The summed E-state index contributed by atoms with van der Waals surface area (Å²) >= 11 is 5.78. The maximum atomic E-state index is 13.6. The van der Waals surface area contributed by atoms with Crippen molar-refractivity contribution in [2.24, 2.45) is 5.10 Å². The molecule has 9 heteroatoms. The summed E-state index contributed by atoms with van der Waals surface area (Å²) in [7, 11) is 0. The molecule has 0 unspecified atom stereocenters. The summed E-state index contributed by atoms with van der Waals surface area (Å²) < 4.78 is 40.8. The number of hydrogen-bond donors (Lipinski definition) is 2. The van der Waals surface area contributed by atoms with Crippen molar-refractivity contribution < 1.29 is 28.2 Å². The Morgan fingerprint density at radius 2 is 1.85 bits per heavy atom. The minimum Gasteiger partial charge on any atom is -0.507 e. The van der Waals surface area contributed by atoms with Crippen LogP contribution < -0.4 is 0 Å². The molecule has 0 radical (unpaired) electrons. The smallest absolute Gasteiger partial charge is 0.438 e. The zero-order chi connectivity index (χ0) is 20.0. The molecule has 0 saturated carbocycles. The number of aromatic hydroxyl groups is 1. The van der Waals surface area contributed by atoms with E-state index in [9.17, 15) is 28.2 Å². The highest BCUT2D eigenvalue weighted by Gasteiger charge is 2.63. The topological polar surface area (TPSA) is 73.1 Å². The lowest BCUT2D eigenvalue weighted by Gasteiger charge is -2.32. The van der Waals surface area contributed by atoms with E-state index in [1.807, 2.05) is 0 Å². The SMILES string of the molecule is Cc1cccc(C(=O)N2N=C(c3ccc(Cl)cc3)C[C@]2(O)C(F)(F)F)c1O. The second kappa shape index (κ2) is 6.54. The number of hydrazone groups is 1. The molecule has 0 spiro atoms. The first-order chi connectivity index (χ1) is 12.5. The second-order valence-electron chi connectivity index (χ2n) is 6.13. The number of phenols is 1. The summed E-state index contributed by atoms with van der Waals surface area (Å²) in [6, 6.07) is 9.87. The standard InChI is InChI=1S/C18H14ClF3N2O3/c1-10-3-2-4-13(15(10)25)16(26)24-17(27,18(20,21)22)9-14(23-24)11-5-7-12(19)8-6-11/h2-8,25,27H,9H2,1H3/t17-/m0/s1. The lowest BCUT2D eigenvalue weighted by atomic mass is 10.0. The van der Waals surface area contributed by atoms with Crippen LogP contribution in [0.4, 0.5) is 13.2 Å². The van der Waals surface area contributed by atoms with Gasteiger partial charge in [0, 0.05) is 5.02 Å². The molecule has 5 nitrogen and oxygen atoms in total. The summed E-state index contributed by atoms with van der Waals surface area (Å²) in [5.41, 5.74) is -3.47. The average molecular weight is 399 g/mol. The summed E-state index contributed by atoms with van der Waals surface area (Å²) in [4.78, 5) is 12.7. The Balaban J connectivity index is 2.09. The van der Waals surface area contributed by atoms with Crippen molar-refractivity contribution in [3.63, 3.8) is 0 Å². The van der Waals surface area contributed by atoms with Gasteiger partial charge in [-0.15, -0.1) is 0 Å². The van der Waals surface area contributed by atoms with E-state index < -0.39 is 35.5 Å².